The summed E-state index contributed by atoms with van der Waals surface area (Å²) in [7, 11) is 0. The Labute approximate surface area is 163 Å². The summed E-state index contributed by atoms with van der Waals surface area (Å²) in [4.78, 5) is 4.09. The van der Waals surface area contributed by atoms with E-state index in [4.69, 9.17) is 15.6 Å². The summed E-state index contributed by atoms with van der Waals surface area (Å²) in [5.41, 5.74) is 10.4. The maximum absolute atomic E-state index is 9.81. The number of allylic oxidation sites excluding steroid dienone is 1. The molecule has 1 aliphatic rings. The molecule has 28 heavy (non-hydrogen) atoms. The van der Waals surface area contributed by atoms with E-state index in [1.807, 2.05) is 46.6 Å². The van der Waals surface area contributed by atoms with Gasteiger partial charge in [-0.15, -0.1) is 0 Å². The molecule has 4 rings (SSSR count). The molecule has 7 nitrogen and oxygen atoms in total. The van der Waals surface area contributed by atoms with E-state index in [1.54, 1.807) is 12.5 Å². The smallest absolute Gasteiger partial charge is 0.224 e. The van der Waals surface area contributed by atoms with Gasteiger partial charge in [0.2, 0.25) is 11.8 Å². The third kappa shape index (κ3) is 2.74. The summed E-state index contributed by atoms with van der Waals surface area (Å²) in [6, 6.07) is 10.3. The van der Waals surface area contributed by atoms with Crippen LogP contribution in [0.1, 0.15) is 49.4 Å². The number of benzene rings is 1. The Balaban J connectivity index is 1.88. The molecule has 0 saturated carbocycles. The van der Waals surface area contributed by atoms with Crippen molar-refractivity contribution in [3.8, 4) is 17.6 Å². The molecule has 0 bridgehead atoms. The van der Waals surface area contributed by atoms with E-state index in [2.05, 4.69) is 24.9 Å². The lowest BCUT2D eigenvalue weighted by Gasteiger charge is -2.25. The summed E-state index contributed by atoms with van der Waals surface area (Å²) in [6.45, 7) is 6.86. The molecule has 0 radical (unpaired) electrons. The van der Waals surface area contributed by atoms with Crippen LogP contribution in [0, 0.1) is 11.3 Å². The van der Waals surface area contributed by atoms with Gasteiger partial charge in [0.05, 0.1) is 23.5 Å². The molecule has 0 amide bonds. The lowest BCUT2D eigenvalue weighted by atomic mass is 9.82. The predicted molar refractivity (Wildman–Crippen MR) is 105 cm³/mol. The first kappa shape index (κ1) is 17.9. The monoisotopic (exact) mass is 374 g/mol. The number of rotatable bonds is 4. The zero-order valence-electron chi connectivity index (χ0n) is 16.1. The Morgan fingerprint density at radius 2 is 2.04 bits per heavy atom. The van der Waals surface area contributed by atoms with Crippen molar-refractivity contribution in [2.45, 2.75) is 39.2 Å². The standard InChI is InChI=1S/C21H22N6O/c1-4-27-21-18(19(25-27)13(2)3)17(16(11-22)20(23)28-21)14-5-7-15(8-6-14)26-10-9-24-12-26/h5-10,12-13,17H,4,23H2,1-3H3. The van der Waals surface area contributed by atoms with E-state index < -0.39 is 0 Å². The Kier molecular flexibility index (Phi) is 4.40. The molecule has 3 heterocycles. The number of nitrogens with zero attached hydrogens (tertiary/aromatic N) is 5. The Bertz CT molecular complexity index is 1070. The first-order valence-electron chi connectivity index (χ1n) is 9.31. The number of nitrogens with two attached hydrogens (primary N) is 1. The summed E-state index contributed by atoms with van der Waals surface area (Å²) in [6.07, 6.45) is 5.38. The third-order valence-corrected chi connectivity index (χ3v) is 5.01. The van der Waals surface area contributed by atoms with E-state index in [0.717, 1.165) is 22.5 Å². The van der Waals surface area contributed by atoms with Crippen molar-refractivity contribution in [3.63, 3.8) is 0 Å². The second kappa shape index (κ2) is 6.89. The highest BCUT2D eigenvalue weighted by atomic mass is 16.5. The van der Waals surface area contributed by atoms with Crippen molar-refractivity contribution < 1.29 is 4.74 Å². The van der Waals surface area contributed by atoms with E-state index in [9.17, 15) is 5.26 Å². The highest BCUT2D eigenvalue weighted by Crippen LogP contribution is 2.45. The predicted octanol–water partition coefficient (Wildman–Crippen LogP) is 3.43. The van der Waals surface area contributed by atoms with Gasteiger partial charge in [-0.1, -0.05) is 26.0 Å². The number of ether oxygens (including phenoxy) is 1. The molecule has 2 aromatic heterocycles. The van der Waals surface area contributed by atoms with Gasteiger partial charge in [0.1, 0.15) is 11.6 Å². The minimum absolute atomic E-state index is 0.142. The van der Waals surface area contributed by atoms with E-state index in [1.165, 1.54) is 0 Å². The van der Waals surface area contributed by atoms with Gasteiger partial charge in [-0.2, -0.15) is 10.4 Å². The van der Waals surface area contributed by atoms with Crippen molar-refractivity contribution in [1.29, 1.82) is 5.26 Å². The molecule has 1 aliphatic heterocycles. The van der Waals surface area contributed by atoms with Gasteiger partial charge in [-0.05, 0) is 30.5 Å². The zero-order valence-corrected chi connectivity index (χ0v) is 16.1. The van der Waals surface area contributed by atoms with Crippen LogP contribution in [0.4, 0.5) is 0 Å². The molecule has 1 aromatic carbocycles. The summed E-state index contributed by atoms with van der Waals surface area (Å²) >= 11 is 0. The fourth-order valence-corrected chi connectivity index (χ4v) is 3.65. The minimum Gasteiger partial charge on any atom is -0.422 e. The molecule has 2 N–H and O–H groups in total. The first-order valence-corrected chi connectivity index (χ1v) is 9.31. The van der Waals surface area contributed by atoms with E-state index in [0.29, 0.717) is 18.0 Å². The zero-order chi connectivity index (χ0) is 19.8. The SMILES string of the molecule is CCn1nc(C(C)C)c2c1OC(N)=C(C#N)C2c1ccc(-n2ccnc2)cc1. The van der Waals surface area contributed by atoms with Crippen molar-refractivity contribution >= 4 is 0 Å². The second-order valence-corrected chi connectivity index (χ2v) is 7.06. The highest BCUT2D eigenvalue weighted by Gasteiger charge is 2.37. The Morgan fingerprint density at radius 1 is 1.29 bits per heavy atom. The quantitative estimate of drug-likeness (QED) is 0.755. The number of aromatic nitrogens is 4. The van der Waals surface area contributed by atoms with Crippen LogP contribution in [0.25, 0.3) is 5.69 Å². The average Bonchev–Trinajstić information content (AvgIpc) is 3.35. The van der Waals surface area contributed by atoms with Gasteiger partial charge in [-0.25, -0.2) is 9.67 Å². The van der Waals surface area contributed by atoms with Crippen LogP contribution in [0.15, 0.2) is 54.4 Å². The number of hydrogen-bond acceptors (Lipinski definition) is 5. The van der Waals surface area contributed by atoms with Crippen LogP contribution < -0.4 is 10.5 Å². The van der Waals surface area contributed by atoms with Crippen LogP contribution in [-0.2, 0) is 6.54 Å². The average molecular weight is 374 g/mol. The Hall–Kier alpha value is -3.53. The van der Waals surface area contributed by atoms with Gasteiger partial charge in [0, 0.05) is 24.6 Å². The number of imidazole rings is 1. The van der Waals surface area contributed by atoms with Crippen molar-refractivity contribution in [1.82, 2.24) is 19.3 Å². The number of nitriles is 1. The van der Waals surface area contributed by atoms with Gasteiger partial charge < -0.3 is 15.0 Å². The molecule has 0 spiro atoms. The normalized spacial score (nSPS) is 16.0. The third-order valence-electron chi connectivity index (χ3n) is 5.01. The molecule has 0 aliphatic carbocycles. The number of aryl methyl sites for hydroxylation is 1. The van der Waals surface area contributed by atoms with Crippen LogP contribution in [0.2, 0.25) is 0 Å². The van der Waals surface area contributed by atoms with Crippen molar-refractivity contribution in [2.24, 2.45) is 5.73 Å². The number of hydrogen-bond donors (Lipinski definition) is 1. The maximum atomic E-state index is 9.81. The molecule has 142 valence electrons. The molecular formula is C21H22N6O. The molecule has 3 aromatic rings. The van der Waals surface area contributed by atoms with Crippen LogP contribution in [0.5, 0.6) is 5.88 Å². The number of fused-ring (bicyclic) bond motifs is 1. The second-order valence-electron chi connectivity index (χ2n) is 7.06. The molecule has 0 saturated heterocycles. The van der Waals surface area contributed by atoms with Crippen molar-refractivity contribution in [3.05, 3.63) is 71.3 Å². The molecular weight excluding hydrogens is 352 g/mol. The highest BCUT2D eigenvalue weighted by molar-refractivity contribution is 5.56. The largest absolute Gasteiger partial charge is 0.422 e. The van der Waals surface area contributed by atoms with Gasteiger partial charge in [0.15, 0.2) is 0 Å². The Morgan fingerprint density at radius 3 is 2.61 bits per heavy atom. The molecule has 1 atom stereocenters. The summed E-state index contributed by atoms with van der Waals surface area (Å²) < 4.78 is 9.60. The fraction of sp³-hybridized carbons (Fsp3) is 0.286. The van der Waals surface area contributed by atoms with Crippen LogP contribution in [-0.4, -0.2) is 19.3 Å². The van der Waals surface area contributed by atoms with Crippen LogP contribution in [0.3, 0.4) is 0 Å². The summed E-state index contributed by atoms with van der Waals surface area (Å²) in [5, 5.41) is 14.5. The van der Waals surface area contributed by atoms with Gasteiger partial charge >= 0.3 is 0 Å². The van der Waals surface area contributed by atoms with Gasteiger partial charge in [-0.3, -0.25) is 0 Å². The topological polar surface area (TPSA) is 94.7 Å². The molecule has 1 unspecified atom stereocenters. The summed E-state index contributed by atoms with van der Waals surface area (Å²) in [5.74, 6) is 0.662. The van der Waals surface area contributed by atoms with E-state index in [-0.39, 0.29) is 17.7 Å². The van der Waals surface area contributed by atoms with E-state index >= 15 is 0 Å². The lowest BCUT2D eigenvalue weighted by Crippen LogP contribution is -2.22. The lowest BCUT2D eigenvalue weighted by molar-refractivity contribution is 0.350. The minimum atomic E-state index is -0.303. The fourth-order valence-electron chi connectivity index (χ4n) is 3.65. The molecule has 7 heteroatoms. The van der Waals surface area contributed by atoms with Crippen molar-refractivity contribution in [2.75, 3.05) is 0 Å². The first-order chi connectivity index (χ1) is 13.5. The molecule has 0 fully saturated rings. The van der Waals surface area contributed by atoms with Gasteiger partial charge in [0.25, 0.3) is 0 Å². The van der Waals surface area contributed by atoms with Crippen LogP contribution >= 0.6 is 0 Å². The maximum Gasteiger partial charge on any atom is 0.224 e.